The lowest BCUT2D eigenvalue weighted by atomic mass is 9.72. The van der Waals surface area contributed by atoms with Gasteiger partial charge >= 0.3 is 0 Å². The minimum Gasteiger partial charge on any atom is -0.497 e. The molecule has 2 heterocycles. The maximum Gasteiger partial charge on any atom is 0.256 e. The zero-order chi connectivity index (χ0) is 20.1. The minimum atomic E-state index is -0.344. The van der Waals surface area contributed by atoms with Gasteiger partial charge < -0.3 is 20.1 Å². The number of hydrogen-bond acceptors (Lipinski definition) is 5. The Balaban J connectivity index is 1.67. The molecule has 2 unspecified atom stereocenters. The predicted molar refractivity (Wildman–Crippen MR) is 113 cm³/mol. The van der Waals surface area contributed by atoms with Gasteiger partial charge in [0, 0.05) is 10.4 Å². The first-order chi connectivity index (χ1) is 13.3. The van der Waals surface area contributed by atoms with Crippen LogP contribution in [0.4, 0.5) is 5.00 Å². The molecule has 0 saturated carbocycles. The summed E-state index contributed by atoms with van der Waals surface area (Å²) in [4.78, 5) is 14.4. The van der Waals surface area contributed by atoms with Crippen LogP contribution in [0.3, 0.4) is 0 Å². The van der Waals surface area contributed by atoms with Gasteiger partial charge in [0.05, 0.1) is 19.8 Å². The van der Waals surface area contributed by atoms with E-state index in [0.29, 0.717) is 5.92 Å². The summed E-state index contributed by atoms with van der Waals surface area (Å²) in [5.41, 5.74) is 3.22. The van der Waals surface area contributed by atoms with Gasteiger partial charge in [-0.05, 0) is 54.4 Å². The van der Waals surface area contributed by atoms with Crippen molar-refractivity contribution in [1.82, 2.24) is 5.32 Å². The van der Waals surface area contributed by atoms with Crippen molar-refractivity contribution in [2.24, 2.45) is 11.3 Å². The summed E-state index contributed by atoms with van der Waals surface area (Å²) in [5.74, 6) is 2.10. The van der Waals surface area contributed by atoms with Crippen molar-refractivity contribution in [2.45, 2.75) is 46.2 Å². The maximum atomic E-state index is 13.0. The van der Waals surface area contributed by atoms with Gasteiger partial charge in [0.25, 0.3) is 5.91 Å². The van der Waals surface area contributed by atoms with Gasteiger partial charge in [0.15, 0.2) is 0 Å². The van der Waals surface area contributed by atoms with Gasteiger partial charge in [-0.25, -0.2) is 0 Å². The van der Waals surface area contributed by atoms with E-state index in [1.807, 2.05) is 18.2 Å². The van der Waals surface area contributed by atoms with Crippen molar-refractivity contribution < 1.29 is 14.3 Å². The Labute approximate surface area is 170 Å². The molecule has 1 aliphatic heterocycles. The molecule has 1 amide bonds. The maximum absolute atomic E-state index is 13.0. The monoisotopic (exact) mass is 400 g/mol. The van der Waals surface area contributed by atoms with Gasteiger partial charge in [0.2, 0.25) is 0 Å². The van der Waals surface area contributed by atoms with Crippen LogP contribution in [0.15, 0.2) is 18.2 Å². The van der Waals surface area contributed by atoms with Crippen molar-refractivity contribution in [3.05, 3.63) is 39.8 Å². The van der Waals surface area contributed by atoms with Crippen LogP contribution in [-0.2, 0) is 12.8 Å². The van der Waals surface area contributed by atoms with Crippen LogP contribution in [0.1, 0.15) is 59.7 Å². The third-order valence-corrected chi connectivity index (χ3v) is 7.20. The molecule has 1 aromatic heterocycles. The molecule has 4 rings (SSSR count). The van der Waals surface area contributed by atoms with Gasteiger partial charge in [-0.1, -0.05) is 20.8 Å². The van der Waals surface area contributed by atoms with Crippen LogP contribution in [0.2, 0.25) is 0 Å². The average Bonchev–Trinajstić information content (AvgIpc) is 3.04. The highest BCUT2D eigenvalue weighted by Crippen LogP contribution is 2.46. The van der Waals surface area contributed by atoms with Crippen molar-refractivity contribution in [2.75, 3.05) is 19.5 Å². The third kappa shape index (κ3) is 3.24. The summed E-state index contributed by atoms with van der Waals surface area (Å²) in [7, 11) is 3.27. The molecule has 2 aliphatic rings. The van der Waals surface area contributed by atoms with E-state index in [1.54, 1.807) is 25.6 Å². The van der Waals surface area contributed by atoms with Gasteiger partial charge in [-0.15, -0.1) is 11.3 Å². The van der Waals surface area contributed by atoms with Crippen LogP contribution >= 0.6 is 11.3 Å². The summed E-state index contributed by atoms with van der Waals surface area (Å²) in [6, 6.07) is 5.63. The molecule has 1 aromatic carbocycles. The fourth-order valence-corrected chi connectivity index (χ4v) is 5.61. The van der Waals surface area contributed by atoms with Gasteiger partial charge in [0.1, 0.15) is 22.7 Å². The molecule has 0 radical (unpaired) electrons. The molecule has 0 fully saturated rings. The second kappa shape index (κ2) is 6.99. The normalized spacial score (nSPS) is 21.2. The highest BCUT2D eigenvalue weighted by atomic mass is 32.1. The molecule has 0 bridgehead atoms. The Morgan fingerprint density at radius 2 is 1.93 bits per heavy atom. The minimum absolute atomic E-state index is 0.00432. The van der Waals surface area contributed by atoms with E-state index in [0.717, 1.165) is 46.9 Å². The van der Waals surface area contributed by atoms with E-state index in [9.17, 15) is 4.79 Å². The molecule has 0 spiro atoms. The lowest BCUT2D eigenvalue weighted by molar-refractivity contribution is 0.0934. The zero-order valence-electron chi connectivity index (χ0n) is 17.1. The smallest absolute Gasteiger partial charge is 0.256 e. The van der Waals surface area contributed by atoms with Gasteiger partial charge in [-0.2, -0.15) is 0 Å². The molecular weight excluding hydrogens is 372 g/mol. The second-order valence-corrected chi connectivity index (χ2v) is 9.78. The Kier molecular flexibility index (Phi) is 4.78. The summed E-state index contributed by atoms with van der Waals surface area (Å²) >= 11 is 1.74. The SMILES string of the molecule is COc1ccc(OC)c(C2NC(=O)c3c(sc4c3CCC(C(C)(C)C)C4)N2)c1. The lowest BCUT2D eigenvalue weighted by Gasteiger charge is -2.34. The summed E-state index contributed by atoms with van der Waals surface area (Å²) in [6.45, 7) is 6.94. The summed E-state index contributed by atoms with van der Waals surface area (Å²) in [5, 5.41) is 7.62. The van der Waals surface area contributed by atoms with E-state index in [2.05, 4.69) is 31.4 Å². The molecule has 1 aliphatic carbocycles. The topological polar surface area (TPSA) is 59.6 Å². The number of fused-ring (bicyclic) bond motifs is 3. The summed E-state index contributed by atoms with van der Waals surface area (Å²) in [6.07, 6.45) is 2.83. The number of carbonyl (C=O) groups is 1. The number of benzene rings is 1. The van der Waals surface area contributed by atoms with Crippen LogP contribution in [0, 0.1) is 11.3 Å². The van der Waals surface area contributed by atoms with E-state index < -0.39 is 0 Å². The highest BCUT2D eigenvalue weighted by molar-refractivity contribution is 7.16. The Morgan fingerprint density at radius 3 is 2.61 bits per heavy atom. The number of amides is 1. The molecule has 2 atom stereocenters. The number of ether oxygens (including phenoxy) is 2. The Hall–Kier alpha value is -2.21. The second-order valence-electron chi connectivity index (χ2n) is 8.67. The first-order valence-electron chi connectivity index (χ1n) is 9.75. The third-order valence-electron chi connectivity index (χ3n) is 6.02. The molecular formula is C22H28N2O3S. The van der Waals surface area contributed by atoms with Crippen LogP contribution < -0.4 is 20.1 Å². The highest BCUT2D eigenvalue weighted by Gasteiger charge is 2.37. The number of thiophene rings is 1. The lowest BCUT2D eigenvalue weighted by Crippen LogP contribution is -2.38. The number of methoxy groups -OCH3 is 2. The fourth-order valence-electron chi connectivity index (χ4n) is 4.26. The van der Waals surface area contributed by atoms with Crippen molar-refractivity contribution in [3.63, 3.8) is 0 Å². The van der Waals surface area contributed by atoms with Crippen LogP contribution in [-0.4, -0.2) is 20.1 Å². The first kappa shape index (κ1) is 19.1. The first-order valence-corrected chi connectivity index (χ1v) is 10.6. The summed E-state index contributed by atoms with van der Waals surface area (Å²) < 4.78 is 10.9. The molecule has 2 N–H and O–H groups in total. The van der Waals surface area contributed by atoms with E-state index >= 15 is 0 Å². The molecule has 5 nitrogen and oxygen atoms in total. The number of hydrogen-bond donors (Lipinski definition) is 2. The number of nitrogens with one attached hydrogen (secondary N) is 2. The van der Waals surface area contributed by atoms with Gasteiger partial charge in [-0.3, -0.25) is 4.79 Å². The van der Waals surface area contributed by atoms with Crippen LogP contribution in [0.25, 0.3) is 0 Å². The van der Waals surface area contributed by atoms with Crippen LogP contribution in [0.5, 0.6) is 11.5 Å². The standard InChI is InChI=1S/C22H28N2O3S/c1-22(2,3)12-6-8-14-17(10-12)28-21-18(14)20(25)23-19(24-21)15-11-13(26-4)7-9-16(15)27-5/h7,9,11-12,19,24H,6,8,10H2,1-5H3,(H,23,25). The number of carbonyl (C=O) groups excluding carboxylic acids is 1. The fraction of sp³-hybridized carbons (Fsp3) is 0.500. The van der Waals surface area contributed by atoms with Crippen molar-refractivity contribution in [3.8, 4) is 11.5 Å². The van der Waals surface area contributed by atoms with E-state index in [4.69, 9.17) is 9.47 Å². The van der Waals surface area contributed by atoms with E-state index in [-0.39, 0.29) is 17.5 Å². The number of rotatable bonds is 3. The van der Waals surface area contributed by atoms with E-state index in [1.165, 1.54) is 10.4 Å². The molecule has 6 heteroatoms. The zero-order valence-corrected chi connectivity index (χ0v) is 18.0. The Bertz CT molecular complexity index is 913. The van der Waals surface area contributed by atoms with Crippen molar-refractivity contribution >= 4 is 22.2 Å². The molecule has 150 valence electrons. The molecule has 2 aromatic rings. The molecule has 28 heavy (non-hydrogen) atoms. The molecule has 0 saturated heterocycles. The predicted octanol–water partition coefficient (Wildman–Crippen LogP) is 4.77. The number of anilines is 1. The quantitative estimate of drug-likeness (QED) is 0.779. The van der Waals surface area contributed by atoms with Crippen molar-refractivity contribution in [1.29, 1.82) is 0 Å². The average molecular weight is 401 g/mol. The Morgan fingerprint density at radius 1 is 1.14 bits per heavy atom. The largest absolute Gasteiger partial charge is 0.497 e.